The SMILES string of the molecule is CCCCCOc1ccc(C(=O)Nc2cc(S(=O)(=O)N(C)C)ccc2C)cc1. The highest BCUT2D eigenvalue weighted by molar-refractivity contribution is 7.89. The van der Waals surface area contributed by atoms with E-state index in [-0.39, 0.29) is 10.8 Å². The molecule has 0 aliphatic carbocycles. The highest BCUT2D eigenvalue weighted by Gasteiger charge is 2.19. The minimum atomic E-state index is -3.57. The van der Waals surface area contributed by atoms with Gasteiger partial charge in [0.2, 0.25) is 10.0 Å². The zero-order valence-corrected chi connectivity index (χ0v) is 17.7. The molecule has 28 heavy (non-hydrogen) atoms. The quantitative estimate of drug-likeness (QED) is 0.639. The highest BCUT2D eigenvalue weighted by Crippen LogP contribution is 2.23. The molecule has 1 N–H and O–H groups in total. The Morgan fingerprint density at radius 2 is 1.75 bits per heavy atom. The van der Waals surface area contributed by atoms with E-state index in [0.29, 0.717) is 17.9 Å². The van der Waals surface area contributed by atoms with Crippen molar-refractivity contribution >= 4 is 21.6 Å². The van der Waals surface area contributed by atoms with E-state index >= 15 is 0 Å². The molecule has 0 saturated heterocycles. The van der Waals surface area contributed by atoms with Crippen molar-refractivity contribution in [3.63, 3.8) is 0 Å². The van der Waals surface area contributed by atoms with Crippen molar-refractivity contribution in [1.29, 1.82) is 0 Å². The van der Waals surface area contributed by atoms with Crippen LogP contribution in [0.1, 0.15) is 42.1 Å². The van der Waals surface area contributed by atoms with Crippen LogP contribution in [0, 0.1) is 6.92 Å². The maximum absolute atomic E-state index is 12.6. The first-order chi connectivity index (χ1) is 13.3. The van der Waals surface area contributed by atoms with Gasteiger partial charge in [-0.1, -0.05) is 25.8 Å². The van der Waals surface area contributed by atoms with Crippen LogP contribution in [0.4, 0.5) is 5.69 Å². The molecule has 0 radical (unpaired) electrons. The molecule has 7 heteroatoms. The van der Waals surface area contributed by atoms with Crippen LogP contribution in [0.2, 0.25) is 0 Å². The number of hydrogen-bond acceptors (Lipinski definition) is 4. The third-order valence-corrected chi connectivity index (χ3v) is 6.18. The van der Waals surface area contributed by atoms with Gasteiger partial charge in [0.25, 0.3) is 5.91 Å². The van der Waals surface area contributed by atoms with Crippen molar-refractivity contribution in [1.82, 2.24) is 4.31 Å². The van der Waals surface area contributed by atoms with Gasteiger partial charge in [-0.25, -0.2) is 12.7 Å². The summed E-state index contributed by atoms with van der Waals surface area (Å²) in [6.07, 6.45) is 3.27. The van der Waals surface area contributed by atoms with Crippen molar-refractivity contribution in [2.75, 3.05) is 26.0 Å². The number of anilines is 1. The van der Waals surface area contributed by atoms with Crippen molar-refractivity contribution in [3.05, 3.63) is 53.6 Å². The molecular weight excluding hydrogens is 376 g/mol. The lowest BCUT2D eigenvalue weighted by atomic mass is 10.1. The predicted molar refractivity (Wildman–Crippen MR) is 111 cm³/mol. The van der Waals surface area contributed by atoms with Crippen LogP contribution < -0.4 is 10.1 Å². The van der Waals surface area contributed by atoms with Crippen LogP contribution in [0.25, 0.3) is 0 Å². The Hall–Kier alpha value is -2.38. The van der Waals surface area contributed by atoms with Crippen LogP contribution >= 0.6 is 0 Å². The van der Waals surface area contributed by atoms with E-state index in [9.17, 15) is 13.2 Å². The first kappa shape index (κ1) is 21.9. The van der Waals surface area contributed by atoms with Crippen LogP contribution in [0.15, 0.2) is 47.4 Å². The first-order valence-corrected chi connectivity index (χ1v) is 10.8. The molecule has 2 rings (SSSR count). The lowest BCUT2D eigenvalue weighted by Crippen LogP contribution is -2.22. The Labute approximate surface area is 167 Å². The summed E-state index contributed by atoms with van der Waals surface area (Å²) < 4.78 is 31.4. The average Bonchev–Trinajstić information content (AvgIpc) is 2.67. The second kappa shape index (κ2) is 9.71. The van der Waals surface area contributed by atoms with E-state index in [1.165, 1.54) is 26.2 Å². The smallest absolute Gasteiger partial charge is 0.255 e. The van der Waals surface area contributed by atoms with Gasteiger partial charge in [0.15, 0.2) is 0 Å². The lowest BCUT2D eigenvalue weighted by Gasteiger charge is -2.14. The number of sulfonamides is 1. The van der Waals surface area contributed by atoms with Crippen LogP contribution in [-0.4, -0.2) is 39.3 Å². The summed E-state index contributed by atoms with van der Waals surface area (Å²) in [5.41, 5.74) is 1.72. The highest BCUT2D eigenvalue weighted by atomic mass is 32.2. The molecule has 2 aromatic rings. The summed E-state index contributed by atoms with van der Waals surface area (Å²) in [6.45, 7) is 4.61. The van der Waals surface area contributed by atoms with Gasteiger partial charge in [0, 0.05) is 25.3 Å². The van der Waals surface area contributed by atoms with E-state index in [1.807, 2.05) is 6.92 Å². The van der Waals surface area contributed by atoms with Gasteiger partial charge < -0.3 is 10.1 Å². The van der Waals surface area contributed by atoms with Gasteiger partial charge >= 0.3 is 0 Å². The monoisotopic (exact) mass is 404 g/mol. The molecule has 0 atom stereocenters. The summed E-state index contributed by atoms with van der Waals surface area (Å²) in [5, 5.41) is 2.79. The number of carbonyl (C=O) groups is 1. The normalized spacial score (nSPS) is 11.5. The maximum Gasteiger partial charge on any atom is 0.255 e. The molecule has 0 bridgehead atoms. The third kappa shape index (κ3) is 5.56. The Balaban J connectivity index is 2.10. The molecule has 0 spiro atoms. The largest absolute Gasteiger partial charge is 0.494 e. The van der Waals surface area contributed by atoms with Crippen LogP contribution in [0.5, 0.6) is 5.75 Å². The molecule has 6 nitrogen and oxygen atoms in total. The number of ether oxygens (including phenoxy) is 1. The predicted octanol–water partition coefficient (Wildman–Crippen LogP) is 4.07. The van der Waals surface area contributed by atoms with Crippen molar-refractivity contribution < 1.29 is 17.9 Å². The molecule has 1 amide bonds. The molecule has 152 valence electrons. The molecule has 2 aromatic carbocycles. The Kier molecular flexibility index (Phi) is 7.60. The second-order valence-corrected chi connectivity index (χ2v) is 8.95. The average molecular weight is 405 g/mol. The van der Waals surface area contributed by atoms with Gasteiger partial charge in [-0.15, -0.1) is 0 Å². The number of nitrogens with zero attached hydrogens (tertiary/aromatic N) is 1. The zero-order chi connectivity index (χ0) is 20.7. The molecule has 0 heterocycles. The van der Waals surface area contributed by atoms with E-state index in [4.69, 9.17) is 4.74 Å². The molecule has 0 aliphatic rings. The number of nitrogens with one attached hydrogen (secondary N) is 1. The number of unbranched alkanes of at least 4 members (excludes halogenated alkanes) is 2. The number of benzene rings is 2. The second-order valence-electron chi connectivity index (χ2n) is 6.80. The number of hydrogen-bond donors (Lipinski definition) is 1. The number of amides is 1. The minimum absolute atomic E-state index is 0.134. The van der Waals surface area contributed by atoms with Gasteiger partial charge in [0.05, 0.1) is 11.5 Å². The molecule has 0 fully saturated rings. The third-order valence-electron chi connectivity index (χ3n) is 4.37. The van der Waals surface area contributed by atoms with Gasteiger partial charge in [-0.2, -0.15) is 0 Å². The minimum Gasteiger partial charge on any atom is -0.494 e. The molecule has 0 aromatic heterocycles. The lowest BCUT2D eigenvalue weighted by molar-refractivity contribution is 0.102. The summed E-state index contributed by atoms with van der Waals surface area (Å²) in [4.78, 5) is 12.7. The maximum atomic E-state index is 12.6. The van der Waals surface area contributed by atoms with Crippen molar-refractivity contribution in [2.24, 2.45) is 0 Å². The summed E-state index contributed by atoms with van der Waals surface area (Å²) >= 11 is 0. The Bertz CT molecular complexity index is 907. The van der Waals surface area contributed by atoms with Gasteiger partial charge in [-0.3, -0.25) is 4.79 Å². The van der Waals surface area contributed by atoms with Crippen molar-refractivity contribution in [2.45, 2.75) is 38.0 Å². The zero-order valence-electron chi connectivity index (χ0n) is 16.9. The summed E-state index contributed by atoms with van der Waals surface area (Å²) in [7, 11) is -0.627. The number of carbonyl (C=O) groups excluding carboxylic acids is 1. The summed E-state index contributed by atoms with van der Waals surface area (Å²) in [5.74, 6) is 0.419. The standard InChI is InChI=1S/C21H28N2O4S/c1-5-6-7-14-27-18-11-9-17(10-12-18)21(24)22-20-15-19(13-8-16(20)2)28(25,26)23(3)4/h8-13,15H,5-7,14H2,1-4H3,(H,22,24). The Morgan fingerprint density at radius 3 is 2.36 bits per heavy atom. The van der Waals surface area contributed by atoms with E-state index in [1.54, 1.807) is 30.3 Å². The number of rotatable bonds is 9. The fourth-order valence-corrected chi connectivity index (χ4v) is 3.47. The molecule has 0 unspecified atom stereocenters. The van der Waals surface area contributed by atoms with Crippen LogP contribution in [-0.2, 0) is 10.0 Å². The molecule has 0 aliphatic heterocycles. The fourth-order valence-electron chi connectivity index (χ4n) is 2.55. The fraction of sp³-hybridized carbons (Fsp3) is 0.381. The topological polar surface area (TPSA) is 75.7 Å². The van der Waals surface area contributed by atoms with Crippen LogP contribution in [0.3, 0.4) is 0 Å². The number of aryl methyl sites for hydroxylation is 1. The first-order valence-electron chi connectivity index (χ1n) is 9.33. The van der Waals surface area contributed by atoms with Crippen molar-refractivity contribution in [3.8, 4) is 5.75 Å². The van der Waals surface area contributed by atoms with E-state index in [0.717, 1.165) is 34.9 Å². The van der Waals surface area contributed by atoms with Gasteiger partial charge in [-0.05, 0) is 55.3 Å². The van der Waals surface area contributed by atoms with Gasteiger partial charge in [0.1, 0.15) is 5.75 Å². The molecular formula is C21H28N2O4S. The van der Waals surface area contributed by atoms with E-state index in [2.05, 4.69) is 12.2 Å². The summed E-state index contributed by atoms with van der Waals surface area (Å²) in [6, 6.07) is 11.6. The Morgan fingerprint density at radius 1 is 1.07 bits per heavy atom. The molecule has 0 saturated carbocycles. The van der Waals surface area contributed by atoms with E-state index < -0.39 is 10.0 Å².